The summed E-state index contributed by atoms with van der Waals surface area (Å²) in [5.41, 5.74) is 5.40. The summed E-state index contributed by atoms with van der Waals surface area (Å²) < 4.78 is 10.2. The fraction of sp³-hybridized carbons (Fsp3) is 0.385. The van der Waals surface area contributed by atoms with E-state index >= 15 is 0 Å². The number of hydrazine groups is 1. The van der Waals surface area contributed by atoms with Crippen molar-refractivity contribution in [3.05, 3.63) is 29.8 Å². The van der Waals surface area contributed by atoms with Crippen molar-refractivity contribution in [1.82, 2.24) is 10.9 Å². The van der Waals surface area contributed by atoms with E-state index in [-0.39, 0.29) is 13.2 Å². The van der Waals surface area contributed by atoms with E-state index in [1.54, 1.807) is 13.0 Å². The Bertz CT molecular complexity index is 434. The Morgan fingerprint density at radius 1 is 1.11 bits per heavy atom. The summed E-state index contributed by atoms with van der Waals surface area (Å²) >= 11 is 0. The Hall–Kier alpha value is -2.08. The van der Waals surface area contributed by atoms with Crippen LogP contribution < -0.4 is 15.6 Å². The quantitative estimate of drug-likeness (QED) is 0.738. The Balaban J connectivity index is 2.25. The van der Waals surface area contributed by atoms with Gasteiger partial charge >= 0.3 is 0 Å². The monoisotopic (exact) mass is 266 g/mol. The topological polar surface area (TPSA) is 76.7 Å². The molecular weight excluding hydrogens is 248 g/mol. The summed E-state index contributed by atoms with van der Waals surface area (Å²) in [6.45, 7) is 3.85. The molecule has 2 amide bonds. The van der Waals surface area contributed by atoms with Crippen LogP contribution in [0, 0.1) is 6.92 Å². The molecule has 0 spiro atoms. The third kappa shape index (κ3) is 5.87. The van der Waals surface area contributed by atoms with E-state index in [4.69, 9.17) is 9.47 Å². The first kappa shape index (κ1) is 15.0. The predicted octanol–water partition coefficient (Wildman–Crippen LogP) is 0.558. The Morgan fingerprint density at radius 2 is 1.74 bits per heavy atom. The van der Waals surface area contributed by atoms with Crippen molar-refractivity contribution in [2.45, 2.75) is 13.8 Å². The fourth-order valence-electron chi connectivity index (χ4n) is 1.27. The molecule has 0 radical (unpaired) electrons. The van der Waals surface area contributed by atoms with E-state index < -0.39 is 11.8 Å². The molecule has 0 saturated heterocycles. The van der Waals surface area contributed by atoms with Gasteiger partial charge in [0.1, 0.15) is 12.4 Å². The van der Waals surface area contributed by atoms with Crippen LogP contribution in [0.4, 0.5) is 0 Å². The lowest BCUT2D eigenvalue weighted by Gasteiger charge is -2.10. The van der Waals surface area contributed by atoms with Gasteiger partial charge in [0.25, 0.3) is 11.8 Å². The van der Waals surface area contributed by atoms with Gasteiger partial charge in [0.15, 0.2) is 6.61 Å². The van der Waals surface area contributed by atoms with Crippen molar-refractivity contribution in [2.75, 3.05) is 19.8 Å². The number of rotatable bonds is 6. The average Bonchev–Trinajstić information content (AvgIpc) is 2.42. The van der Waals surface area contributed by atoms with E-state index in [0.29, 0.717) is 12.4 Å². The number of para-hydroxylation sites is 1. The van der Waals surface area contributed by atoms with E-state index in [2.05, 4.69) is 10.9 Å². The second-order valence-corrected chi connectivity index (χ2v) is 3.79. The molecule has 1 aromatic carbocycles. The van der Waals surface area contributed by atoms with E-state index in [1.165, 1.54) is 0 Å². The standard InChI is InChI=1S/C13H18N2O4/c1-3-18-8-12(16)14-15-13(17)9-19-11-7-5-4-6-10(11)2/h4-7H,3,8-9H2,1-2H3,(H,14,16)(H,15,17). The Kier molecular flexibility index (Phi) is 6.38. The summed E-state index contributed by atoms with van der Waals surface area (Å²) in [4.78, 5) is 22.6. The molecule has 0 aliphatic rings. The molecule has 0 fully saturated rings. The van der Waals surface area contributed by atoms with Gasteiger partial charge in [-0.3, -0.25) is 20.4 Å². The summed E-state index contributed by atoms with van der Waals surface area (Å²) in [5.74, 6) is -0.211. The van der Waals surface area contributed by atoms with Gasteiger partial charge in [-0.2, -0.15) is 0 Å². The molecule has 0 bridgehead atoms. The summed E-state index contributed by atoms with van der Waals surface area (Å²) in [5, 5.41) is 0. The van der Waals surface area contributed by atoms with Gasteiger partial charge in [0.05, 0.1) is 0 Å². The van der Waals surface area contributed by atoms with Gasteiger partial charge in [-0.05, 0) is 25.5 Å². The maximum atomic E-state index is 11.4. The highest BCUT2D eigenvalue weighted by atomic mass is 16.5. The number of carbonyl (C=O) groups excluding carboxylic acids is 2. The highest BCUT2D eigenvalue weighted by Crippen LogP contribution is 2.15. The first-order valence-corrected chi connectivity index (χ1v) is 5.97. The normalized spacial score (nSPS) is 9.79. The van der Waals surface area contributed by atoms with Crippen LogP contribution in [0.1, 0.15) is 12.5 Å². The molecule has 6 nitrogen and oxygen atoms in total. The van der Waals surface area contributed by atoms with Gasteiger partial charge in [-0.15, -0.1) is 0 Å². The van der Waals surface area contributed by atoms with Crippen molar-refractivity contribution in [2.24, 2.45) is 0 Å². The van der Waals surface area contributed by atoms with Crippen LogP contribution in [0.5, 0.6) is 5.75 Å². The number of amides is 2. The van der Waals surface area contributed by atoms with E-state index in [1.807, 2.05) is 25.1 Å². The maximum Gasteiger partial charge on any atom is 0.276 e. The molecule has 0 unspecified atom stereocenters. The van der Waals surface area contributed by atoms with Crippen molar-refractivity contribution < 1.29 is 19.1 Å². The van der Waals surface area contributed by atoms with Crippen LogP contribution in [0.25, 0.3) is 0 Å². The zero-order valence-electron chi connectivity index (χ0n) is 11.1. The fourth-order valence-corrected chi connectivity index (χ4v) is 1.27. The van der Waals surface area contributed by atoms with Crippen molar-refractivity contribution in [3.8, 4) is 5.75 Å². The van der Waals surface area contributed by atoms with Gasteiger partial charge in [0.2, 0.25) is 0 Å². The van der Waals surface area contributed by atoms with Crippen LogP contribution >= 0.6 is 0 Å². The number of carbonyl (C=O) groups is 2. The van der Waals surface area contributed by atoms with E-state index in [9.17, 15) is 9.59 Å². The van der Waals surface area contributed by atoms with Gasteiger partial charge < -0.3 is 9.47 Å². The van der Waals surface area contributed by atoms with Gasteiger partial charge in [-0.25, -0.2) is 0 Å². The summed E-state index contributed by atoms with van der Waals surface area (Å²) in [6, 6.07) is 7.37. The molecular formula is C13H18N2O4. The lowest BCUT2D eigenvalue weighted by molar-refractivity contribution is -0.132. The van der Waals surface area contributed by atoms with Crippen molar-refractivity contribution >= 4 is 11.8 Å². The molecule has 6 heteroatoms. The first-order chi connectivity index (χ1) is 9.13. The lowest BCUT2D eigenvalue weighted by Crippen LogP contribution is -2.45. The summed E-state index contributed by atoms with van der Waals surface area (Å²) in [6.07, 6.45) is 0. The number of aryl methyl sites for hydroxylation is 1. The molecule has 1 rings (SSSR count). The van der Waals surface area contributed by atoms with Crippen LogP contribution in [0.2, 0.25) is 0 Å². The zero-order valence-corrected chi connectivity index (χ0v) is 11.1. The molecule has 0 aliphatic heterocycles. The van der Waals surface area contributed by atoms with Crippen LogP contribution in [-0.2, 0) is 14.3 Å². The number of hydrogen-bond acceptors (Lipinski definition) is 4. The van der Waals surface area contributed by atoms with Crippen LogP contribution in [0.15, 0.2) is 24.3 Å². The minimum absolute atomic E-state index is 0.0879. The highest BCUT2D eigenvalue weighted by Gasteiger charge is 2.06. The average molecular weight is 266 g/mol. The second kappa shape index (κ2) is 8.10. The molecule has 19 heavy (non-hydrogen) atoms. The minimum atomic E-state index is -0.437. The molecule has 0 saturated carbocycles. The van der Waals surface area contributed by atoms with Gasteiger partial charge in [-0.1, -0.05) is 18.2 Å². The SMILES string of the molecule is CCOCC(=O)NNC(=O)COc1ccccc1C. The Morgan fingerprint density at radius 3 is 2.37 bits per heavy atom. The third-order valence-electron chi connectivity index (χ3n) is 2.23. The third-order valence-corrected chi connectivity index (χ3v) is 2.23. The van der Waals surface area contributed by atoms with Crippen LogP contribution in [-0.4, -0.2) is 31.6 Å². The highest BCUT2D eigenvalue weighted by molar-refractivity contribution is 5.83. The Labute approximate surface area is 112 Å². The van der Waals surface area contributed by atoms with Crippen molar-refractivity contribution in [1.29, 1.82) is 0 Å². The number of nitrogens with one attached hydrogen (secondary N) is 2. The first-order valence-electron chi connectivity index (χ1n) is 5.97. The number of ether oxygens (including phenoxy) is 2. The number of hydrogen-bond donors (Lipinski definition) is 2. The smallest absolute Gasteiger partial charge is 0.276 e. The van der Waals surface area contributed by atoms with Crippen LogP contribution in [0.3, 0.4) is 0 Å². The minimum Gasteiger partial charge on any atom is -0.483 e. The molecule has 2 N–H and O–H groups in total. The van der Waals surface area contributed by atoms with Gasteiger partial charge in [0, 0.05) is 6.61 Å². The lowest BCUT2D eigenvalue weighted by atomic mass is 10.2. The maximum absolute atomic E-state index is 11.4. The van der Waals surface area contributed by atoms with E-state index in [0.717, 1.165) is 5.56 Å². The molecule has 0 heterocycles. The molecule has 104 valence electrons. The van der Waals surface area contributed by atoms with Crippen molar-refractivity contribution in [3.63, 3.8) is 0 Å². The summed E-state index contributed by atoms with van der Waals surface area (Å²) in [7, 11) is 0. The largest absolute Gasteiger partial charge is 0.483 e. The zero-order chi connectivity index (χ0) is 14.1. The molecule has 1 aromatic rings. The molecule has 0 atom stereocenters. The molecule has 0 aromatic heterocycles. The number of benzene rings is 1. The second-order valence-electron chi connectivity index (χ2n) is 3.79. The molecule has 0 aliphatic carbocycles. The predicted molar refractivity (Wildman–Crippen MR) is 69.5 cm³/mol.